The minimum Gasteiger partial charge on any atom is -0.466 e. The lowest BCUT2D eigenvalue weighted by atomic mass is 9.96. The molecule has 2 heterocycles. The molecule has 0 spiro atoms. The van der Waals surface area contributed by atoms with Crippen LogP contribution in [0.25, 0.3) is 0 Å². The topological polar surface area (TPSA) is 103 Å². The maximum Gasteiger partial charge on any atom is 0.309 e. The van der Waals surface area contributed by atoms with E-state index >= 15 is 0 Å². The number of halogens is 1. The van der Waals surface area contributed by atoms with Crippen molar-refractivity contribution in [2.75, 3.05) is 25.0 Å². The van der Waals surface area contributed by atoms with E-state index in [1.165, 1.54) is 17.9 Å². The predicted molar refractivity (Wildman–Crippen MR) is 136 cm³/mol. The van der Waals surface area contributed by atoms with E-state index in [2.05, 4.69) is 10.4 Å². The first kappa shape index (κ1) is 25.2. The van der Waals surface area contributed by atoms with Crippen molar-refractivity contribution < 1.29 is 19.1 Å². The third-order valence-electron chi connectivity index (χ3n) is 5.91. The highest BCUT2D eigenvalue weighted by molar-refractivity contribution is 6.30. The van der Waals surface area contributed by atoms with Crippen LogP contribution >= 0.6 is 11.6 Å². The monoisotopic (exact) mass is 510 g/mol. The zero-order valence-electron chi connectivity index (χ0n) is 20.1. The minimum absolute atomic E-state index is 0.140. The lowest BCUT2D eigenvalue weighted by Crippen LogP contribution is -2.40. The van der Waals surface area contributed by atoms with Gasteiger partial charge in [-0.25, -0.2) is 4.68 Å². The molecule has 10 heteroatoms. The van der Waals surface area contributed by atoms with E-state index in [1.54, 1.807) is 60.4 Å². The van der Waals surface area contributed by atoms with E-state index in [1.807, 2.05) is 0 Å². The van der Waals surface area contributed by atoms with Gasteiger partial charge in [-0.2, -0.15) is 5.10 Å². The molecule has 0 radical (unpaired) electrons. The molecule has 1 aliphatic heterocycles. The van der Waals surface area contributed by atoms with Crippen LogP contribution in [0, 0.1) is 5.92 Å². The quantitative estimate of drug-likeness (QED) is 0.470. The van der Waals surface area contributed by atoms with Crippen molar-refractivity contribution in [2.24, 2.45) is 13.0 Å². The summed E-state index contributed by atoms with van der Waals surface area (Å²) in [6.07, 6.45) is 2.58. The van der Waals surface area contributed by atoms with E-state index in [0.717, 1.165) is 0 Å². The molecule has 0 atom stereocenters. The largest absolute Gasteiger partial charge is 0.466 e. The summed E-state index contributed by atoms with van der Waals surface area (Å²) in [5.74, 6) is 0.154. The molecule has 1 aromatic heterocycles. The molecule has 3 aromatic rings. The molecule has 4 rings (SSSR count). The predicted octanol–water partition coefficient (Wildman–Crippen LogP) is 4.38. The number of amides is 1. The molecule has 1 saturated heterocycles. The van der Waals surface area contributed by atoms with Crippen LogP contribution in [0.5, 0.6) is 11.5 Å². The summed E-state index contributed by atoms with van der Waals surface area (Å²) in [6, 6.07) is 13.7. The Bertz CT molecular complexity index is 1320. The number of carbonyl (C=O) groups is 2. The number of likely N-dealkylation sites (tertiary alicyclic amines) is 1. The van der Waals surface area contributed by atoms with Gasteiger partial charge >= 0.3 is 5.97 Å². The van der Waals surface area contributed by atoms with E-state index in [9.17, 15) is 14.4 Å². The number of nitrogens with zero attached hydrogens (tertiary/aromatic N) is 3. The number of carbonyl (C=O) groups excluding carboxylic acids is 2. The average molecular weight is 511 g/mol. The maximum absolute atomic E-state index is 13.1. The van der Waals surface area contributed by atoms with Crippen molar-refractivity contribution in [1.29, 1.82) is 0 Å². The Hall–Kier alpha value is -3.85. The third-order valence-corrected chi connectivity index (χ3v) is 6.14. The van der Waals surface area contributed by atoms with Gasteiger partial charge in [-0.1, -0.05) is 23.7 Å². The first-order chi connectivity index (χ1) is 17.4. The molecule has 188 valence electrons. The Morgan fingerprint density at radius 2 is 1.89 bits per heavy atom. The molecule has 2 aromatic carbocycles. The molecule has 0 unspecified atom stereocenters. The van der Waals surface area contributed by atoms with Crippen molar-refractivity contribution in [3.63, 3.8) is 0 Å². The molecule has 1 fully saturated rings. The Labute approximate surface area is 213 Å². The number of anilines is 2. The number of rotatable bonds is 7. The molecule has 0 saturated carbocycles. The normalized spacial score (nSPS) is 13.8. The van der Waals surface area contributed by atoms with Crippen molar-refractivity contribution in [2.45, 2.75) is 19.8 Å². The highest BCUT2D eigenvalue weighted by Crippen LogP contribution is 2.30. The summed E-state index contributed by atoms with van der Waals surface area (Å²) in [5.41, 5.74) is 0.791. The molecular weight excluding hydrogens is 484 g/mol. The summed E-state index contributed by atoms with van der Waals surface area (Å²) in [6.45, 7) is 3.08. The second kappa shape index (κ2) is 11.3. The Morgan fingerprint density at radius 1 is 1.14 bits per heavy atom. The van der Waals surface area contributed by atoms with Gasteiger partial charge in [0.15, 0.2) is 11.4 Å². The van der Waals surface area contributed by atoms with Crippen molar-refractivity contribution >= 4 is 34.9 Å². The van der Waals surface area contributed by atoms with Crippen LogP contribution < -0.4 is 15.6 Å². The van der Waals surface area contributed by atoms with E-state index in [0.29, 0.717) is 54.6 Å². The van der Waals surface area contributed by atoms with Crippen LogP contribution in [-0.4, -0.2) is 46.3 Å². The van der Waals surface area contributed by atoms with Crippen molar-refractivity contribution in [3.8, 4) is 11.5 Å². The number of nitrogens with one attached hydrogen (secondary N) is 1. The van der Waals surface area contributed by atoms with Gasteiger partial charge in [-0.3, -0.25) is 14.4 Å². The third kappa shape index (κ3) is 5.85. The number of aromatic nitrogens is 2. The Kier molecular flexibility index (Phi) is 7.90. The second-order valence-electron chi connectivity index (χ2n) is 8.40. The zero-order valence-corrected chi connectivity index (χ0v) is 20.8. The molecule has 1 aliphatic rings. The fourth-order valence-electron chi connectivity index (χ4n) is 4.01. The fourth-order valence-corrected chi connectivity index (χ4v) is 4.19. The number of hydrogen-bond donors (Lipinski definition) is 1. The van der Waals surface area contributed by atoms with Crippen LogP contribution in [0.3, 0.4) is 0 Å². The van der Waals surface area contributed by atoms with Crippen LogP contribution in [-0.2, 0) is 16.6 Å². The molecule has 36 heavy (non-hydrogen) atoms. The molecule has 0 aliphatic carbocycles. The number of hydrogen-bond acceptors (Lipinski definition) is 7. The lowest BCUT2D eigenvalue weighted by molar-refractivity contribution is -0.149. The van der Waals surface area contributed by atoms with Gasteiger partial charge in [0.05, 0.1) is 18.7 Å². The summed E-state index contributed by atoms with van der Waals surface area (Å²) >= 11 is 6.05. The van der Waals surface area contributed by atoms with Crippen LogP contribution in [0.1, 0.15) is 30.1 Å². The fraction of sp³-hybridized carbons (Fsp3) is 0.308. The van der Waals surface area contributed by atoms with Gasteiger partial charge in [0.25, 0.3) is 11.5 Å². The molecule has 9 nitrogen and oxygen atoms in total. The maximum atomic E-state index is 13.1. The van der Waals surface area contributed by atoms with Gasteiger partial charge in [0.1, 0.15) is 5.75 Å². The van der Waals surface area contributed by atoms with E-state index < -0.39 is 5.56 Å². The second-order valence-corrected chi connectivity index (χ2v) is 8.83. The standard InChI is InChI=1S/C26H27ClN4O5/c1-3-35-26(34)17-10-12-31(13-11-17)24(32)18-6-4-8-20(14-18)29-23-22(16-28-30(2)25(23)33)36-21-9-5-7-19(27)15-21/h4-9,14-17,29H,3,10-13H2,1-2H3. The van der Waals surface area contributed by atoms with Crippen molar-refractivity contribution in [1.82, 2.24) is 14.7 Å². The van der Waals surface area contributed by atoms with Gasteiger partial charge in [0, 0.05) is 36.4 Å². The van der Waals surface area contributed by atoms with Crippen LogP contribution in [0.15, 0.2) is 59.5 Å². The highest BCUT2D eigenvalue weighted by atomic mass is 35.5. The molecule has 1 N–H and O–H groups in total. The van der Waals surface area contributed by atoms with Gasteiger partial charge in [-0.05, 0) is 56.2 Å². The smallest absolute Gasteiger partial charge is 0.309 e. The molecule has 1 amide bonds. The van der Waals surface area contributed by atoms with E-state index in [-0.39, 0.29) is 29.2 Å². The number of aryl methyl sites for hydroxylation is 1. The first-order valence-electron chi connectivity index (χ1n) is 11.7. The number of benzene rings is 2. The zero-order chi connectivity index (χ0) is 25.7. The van der Waals surface area contributed by atoms with Gasteiger partial charge < -0.3 is 19.7 Å². The van der Waals surface area contributed by atoms with Gasteiger partial charge in [0.2, 0.25) is 0 Å². The molecular formula is C26H27ClN4O5. The minimum atomic E-state index is -0.396. The van der Waals surface area contributed by atoms with Crippen molar-refractivity contribution in [3.05, 3.63) is 75.7 Å². The summed E-state index contributed by atoms with van der Waals surface area (Å²) in [5, 5.41) is 7.63. The summed E-state index contributed by atoms with van der Waals surface area (Å²) in [7, 11) is 1.54. The number of esters is 1. The van der Waals surface area contributed by atoms with Crippen LogP contribution in [0.2, 0.25) is 5.02 Å². The Balaban J connectivity index is 1.51. The SMILES string of the molecule is CCOC(=O)C1CCN(C(=O)c2cccc(Nc3c(Oc4cccc(Cl)c4)cnn(C)c3=O)c2)CC1. The lowest BCUT2D eigenvalue weighted by Gasteiger charge is -2.31. The number of ether oxygens (including phenoxy) is 2. The number of piperidine rings is 1. The molecule has 0 bridgehead atoms. The average Bonchev–Trinajstić information content (AvgIpc) is 2.88. The summed E-state index contributed by atoms with van der Waals surface area (Å²) in [4.78, 5) is 39.7. The van der Waals surface area contributed by atoms with Crippen LogP contribution in [0.4, 0.5) is 11.4 Å². The summed E-state index contributed by atoms with van der Waals surface area (Å²) < 4.78 is 12.2. The van der Waals surface area contributed by atoms with E-state index in [4.69, 9.17) is 21.1 Å². The highest BCUT2D eigenvalue weighted by Gasteiger charge is 2.28. The van der Waals surface area contributed by atoms with Gasteiger partial charge in [-0.15, -0.1) is 0 Å². The Morgan fingerprint density at radius 3 is 2.61 bits per heavy atom. The first-order valence-corrected chi connectivity index (χ1v) is 12.1.